The van der Waals surface area contributed by atoms with Crippen molar-refractivity contribution in [1.29, 1.82) is 0 Å². The molecule has 1 unspecified atom stereocenters. The molecule has 2 heterocycles. The molecule has 2 atom stereocenters. The van der Waals surface area contributed by atoms with Crippen molar-refractivity contribution in [3.8, 4) is 0 Å². The summed E-state index contributed by atoms with van der Waals surface area (Å²) in [5, 5.41) is 3.78. The van der Waals surface area contributed by atoms with Crippen molar-refractivity contribution in [3.63, 3.8) is 0 Å². The third kappa shape index (κ3) is 4.15. The van der Waals surface area contributed by atoms with E-state index < -0.39 is 0 Å². The zero-order valence-electron chi connectivity index (χ0n) is 16.6. The first-order chi connectivity index (χ1) is 12.4. The fourth-order valence-electron chi connectivity index (χ4n) is 3.61. The van der Waals surface area contributed by atoms with Gasteiger partial charge in [-0.1, -0.05) is 0 Å². The van der Waals surface area contributed by atoms with Gasteiger partial charge < -0.3 is 19.9 Å². The van der Waals surface area contributed by atoms with E-state index in [0.717, 1.165) is 49.1 Å². The van der Waals surface area contributed by atoms with Crippen LogP contribution in [-0.2, 0) is 4.74 Å². The number of ether oxygens (including phenoxy) is 1. The van der Waals surface area contributed by atoms with Gasteiger partial charge in [-0.25, -0.2) is 9.97 Å². The van der Waals surface area contributed by atoms with Crippen molar-refractivity contribution in [1.82, 2.24) is 20.2 Å². The minimum Gasteiger partial charge on any atom is -0.383 e. The second kappa shape index (κ2) is 7.88. The van der Waals surface area contributed by atoms with E-state index in [9.17, 15) is 4.79 Å². The number of hydrogen-bond acceptors (Lipinski definition) is 6. The van der Waals surface area contributed by atoms with Gasteiger partial charge in [0, 0.05) is 57.6 Å². The van der Waals surface area contributed by atoms with Crippen molar-refractivity contribution in [2.24, 2.45) is 5.92 Å². The van der Waals surface area contributed by atoms with E-state index in [4.69, 9.17) is 4.74 Å². The van der Waals surface area contributed by atoms with E-state index in [0.29, 0.717) is 12.1 Å². The van der Waals surface area contributed by atoms with Gasteiger partial charge in [0.1, 0.15) is 5.82 Å². The van der Waals surface area contributed by atoms with Gasteiger partial charge in [0.2, 0.25) is 5.82 Å². The van der Waals surface area contributed by atoms with Gasteiger partial charge in [0.25, 0.3) is 5.91 Å². The number of anilines is 1. The van der Waals surface area contributed by atoms with E-state index in [1.807, 2.05) is 13.8 Å². The molecular weight excluding hydrogens is 330 g/mol. The summed E-state index contributed by atoms with van der Waals surface area (Å²) < 4.78 is 5.39. The van der Waals surface area contributed by atoms with E-state index in [2.05, 4.69) is 20.2 Å². The van der Waals surface area contributed by atoms with E-state index in [1.54, 1.807) is 21.2 Å². The molecule has 1 saturated heterocycles. The summed E-state index contributed by atoms with van der Waals surface area (Å²) in [6.45, 7) is 6.59. The zero-order valence-corrected chi connectivity index (χ0v) is 16.6. The second-order valence-electron chi connectivity index (χ2n) is 7.78. The maximum Gasteiger partial charge on any atom is 0.291 e. The summed E-state index contributed by atoms with van der Waals surface area (Å²) >= 11 is 0. The lowest BCUT2D eigenvalue weighted by Gasteiger charge is -2.24. The Balaban J connectivity index is 1.72. The molecule has 0 aromatic carbocycles. The fourth-order valence-corrected chi connectivity index (χ4v) is 3.61. The van der Waals surface area contributed by atoms with Crippen LogP contribution in [-0.4, -0.2) is 73.8 Å². The van der Waals surface area contributed by atoms with Crippen LogP contribution in [0.5, 0.6) is 0 Å². The molecule has 0 spiro atoms. The van der Waals surface area contributed by atoms with Gasteiger partial charge in [-0.2, -0.15) is 0 Å². The normalized spacial score (nSPS) is 21.1. The molecule has 144 valence electrons. The molecule has 1 aliphatic heterocycles. The fraction of sp³-hybridized carbons (Fsp3) is 0.737. The Kier molecular flexibility index (Phi) is 5.77. The van der Waals surface area contributed by atoms with Gasteiger partial charge in [0.15, 0.2) is 0 Å². The number of carbonyl (C=O) groups is 1. The molecule has 2 fully saturated rings. The van der Waals surface area contributed by atoms with Crippen LogP contribution in [0.2, 0.25) is 0 Å². The molecule has 1 saturated carbocycles. The Morgan fingerprint density at radius 2 is 2.04 bits per heavy atom. The number of rotatable bonds is 7. The molecule has 26 heavy (non-hydrogen) atoms. The molecule has 2 aliphatic rings. The summed E-state index contributed by atoms with van der Waals surface area (Å²) in [5.41, 5.74) is 1.92. The average molecular weight is 361 g/mol. The van der Waals surface area contributed by atoms with Crippen LogP contribution in [0.1, 0.15) is 41.1 Å². The molecule has 0 bridgehead atoms. The Morgan fingerprint density at radius 1 is 1.31 bits per heavy atom. The highest BCUT2D eigenvalue weighted by molar-refractivity contribution is 5.90. The highest BCUT2D eigenvalue weighted by Gasteiger charge is 2.34. The van der Waals surface area contributed by atoms with E-state index >= 15 is 0 Å². The Hall–Kier alpha value is -1.73. The molecule has 0 radical (unpaired) electrons. The lowest BCUT2D eigenvalue weighted by atomic mass is 10.1. The maximum atomic E-state index is 12.3. The van der Waals surface area contributed by atoms with Crippen LogP contribution < -0.4 is 10.2 Å². The first-order valence-corrected chi connectivity index (χ1v) is 9.47. The van der Waals surface area contributed by atoms with Crippen molar-refractivity contribution < 1.29 is 9.53 Å². The third-order valence-electron chi connectivity index (χ3n) is 5.44. The number of carbonyl (C=O) groups excluding carboxylic acids is 1. The van der Waals surface area contributed by atoms with Crippen molar-refractivity contribution >= 4 is 11.7 Å². The topological polar surface area (TPSA) is 70.6 Å². The van der Waals surface area contributed by atoms with Crippen LogP contribution in [0.3, 0.4) is 0 Å². The minimum absolute atomic E-state index is 0.155. The van der Waals surface area contributed by atoms with Crippen molar-refractivity contribution in [3.05, 3.63) is 17.1 Å². The number of hydrogen-bond donors (Lipinski definition) is 1. The van der Waals surface area contributed by atoms with E-state index in [1.165, 1.54) is 17.7 Å². The highest BCUT2D eigenvalue weighted by Crippen LogP contribution is 2.33. The summed E-state index contributed by atoms with van der Waals surface area (Å²) in [5.74, 6) is 1.77. The van der Waals surface area contributed by atoms with Crippen LogP contribution in [0.4, 0.5) is 5.82 Å². The number of aromatic nitrogens is 2. The first-order valence-electron chi connectivity index (χ1n) is 9.47. The molecule has 7 nitrogen and oxygen atoms in total. The number of methoxy groups -OCH3 is 1. The third-order valence-corrected chi connectivity index (χ3v) is 5.44. The van der Waals surface area contributed by atoms with Crippen LogP contribution >= 0.6 is 0 Å². The van der Waals surface area contributed by atoms with E-state index in [-0.39, 0.29) is 11.7 Å². The van der Waals surface area contributed by atoms with Gasteiger partial charge in [-0.15, -0.1) is 0 Å². The molecule has 7 heteroatoms. The van der Waals surface area contributed by atoms with Gasteiger partial charge in [-0.05, 0) is 39.0 Å². The highest BCUT2D eigenvalue weighted by atomic mass is 16.5. The quantitative estimate of drug-likeness (QED) is 0.791. The Bertz CT molecular complexity index is 660. The largest absolute Gasteiger partial charge is 0.383 e. The van der Waals surface area contributed by atoms with Gasteiger partial charge in [0.05, 0.1) is 6.61 Å². The zero-order chi connectivity index (χ0) is 18.8. The van der Waals surface area contributed by atoms with Gasteiger partial charge in [-0.3, -0.25) is 4.79 Å². The monoisotopic (exact) mass is 361 g/mol. The predicted molar refractivity (Wildman–Crippen MR) is 102 cm³/mol. The minimum atomic E-state index is -0.155. The molecule has 1 N–H and O–H groups in total. The Morgan fingerprint density at radius 3 is 2.65 bits per heavy atom. The standard InChI is InChI=1S/C19H31N5O2/c1-12-13(2)20-17(19(25)23(3)4)22-18(12)24-9-8-15(10-24)21-16(11-26-5)14-6-7-14/h14-16,21H,6-11H2,1-5H3/t15-,16?/m1/s1. The summed E-state index contributed by atoms with van der Waals surface area (Å²) in [6, 6.07) is 0.877. The summed E-state index contributed by atoms with van der Waals surface area (Å²) in [6.07, 6.45) is 3.68. The first kappa shape index (κ1) is 19.0. The lowest BCUT2D eigenvalue weighted by Crippen LogP contribution is -2.44. The number of nitrogens with zero attached hydrogens (tertiary/aromatic N) is 4. The Labute approximate surface area is 156 Å². The van der Waals surface area contributed by atoms with Crippen molar-refractivity contribution in [2.45, 2.75) is 45.2 Å². The lowest BCUT2D eigenvalue weighted by molar-refractivity contribution is 0.0815. The smallest absolute Gasteiger partial charge is 0.291 e. The molecule has 1 aromatic heterocycles. The molecule has 3 rings (SSSR count). The number of aryl methyl sites for hydroxylation is 1. The molecular formula is C19H31N5O2. The van der Waals surface area contributed by atoms with Crippen LogP contribution in [0, 0.1) is 19.8 Å². The maximum absolute atomic E-state index is 12.3. The SMILES string of the molecule is COCC(N[C@@H]1CCN(c2nc(C(=O)N(C)C)nc(C)c2C)C1)C1CC1. The van der Waals surface area contributed by atoms with Crippen LogP contribution in [0.15, 0.2) is 0 Å². The second-order valence-corrected chi connectivity index (χ2v) is 7.78. The number of nitrogens with one attached hydrogen (secondary N) is 1. The average Bonchev–Trinajstić information content (AvgIpc) is 3.35. The number of amides is 1. The van der Waals surface area contributed by atoms with Crippen LogP contribution in [0.25, 0.3) is 0 Å². The summed E-state index contributed by atoms with van der Waals surface area (Å²) in [7, 11) is 5.22. The summed E-state index contributed by atoms with van der Waals surface area (Å²) in [4.78, 5) is 25.1. The van der Waals surface area contributed by atoms with Gasteiger partial charge >= 0.3 is 0 Å². The molecule has 1 aliphatic carbocycles. The predicted octanol–water partition coefficient (Wildman–Crippen LogP) is 1.39. The molecule has 1 amide bonds. The van der Waals surface area contributed by atoms with Crippen molar-refractivity contribution in [2.75, 3.05) is 45.8 Å². The molecule has 1 aromatic rings.